The SMILES string of the molecule is CCCC(OCC)C(NC)c1ccc(Cl)s1. The van der Waals surface area contributed by atoms with Gasteiger partial charge in [0, 0.05) is 11.5 Å². The van der Waals surface area contributed by atoms with E-state index in [9.17, 15) is 0 Å². The molecule has 2 nitrogen and oxygen atoms in total. The molecule has 0 spiro atoms. The van der Waals surface area contributed by atoms with Crippen LogP contribution in [-0.4, -0.2) is 19.8 Å². The van der Waals surface area contributed by atoms with Gasteiger partial charge < -0.3 is 10.1 Å². The van der Waals surface area contributed by atoms with E-state index in [-0.39, 0.29) is 12.1 Å². The fraction of sp³-hybridized carbons (Fsp3) is 0.667. The number of nitrogens with one attached hydrogen (secondary N) is 1. The van der Waals surface area contributed by atoms with Crippen LogP contribution in [-0.2, 0) is 4.74 Å². The molecule has 0 amide bonds. The number of halogens is 1. The molecule has 0 aliphatic rings. The van der Waals surface area contributed by atoms with Crippen molar-refractivity contribution >= 4 is 22.9 Å². The highest BCUT2D eigenvalue weighted by Crippen LogP contribution is 2.31. The first kappa shape index (κ1) is 14.0. The molecule has 1 aromatic heterocycles. The van der Waals surface area contributed by atoms with Gasteiger partial charge in [0.25, 0.3) is 0 Å². The molecule has 0 saturated carbocycles. The van der Waals surface area contributed by atoms with Crippen LogP contribution < -0.4 is 5.32 Å². The first-order chi connectivity index (χ1) is 7.72. The maximum absolute atomic E-state index is 5.97. The molecule has 0 fully saturated rings. The first-order valence-corrected chi connectivity index (χ1v) is 6.96. The number of hydrogen-bond donors (Lipinski definition) is 1. The smallest absolute Gasteiger partial charge is 0.0931 e. The van der Waals surface area contributed by atoms with Crippen molar-refractivity contribution in [2.24, 2.45) is 0 Å². The molecule has 1 N–H and O–H groups in total. The average Bonchev–Trinajstić information content (AvgIpc) is 2.67. The van der Waals surface area contributed by atoms with Gasteiger partial charge in [0.1, 0.15) is 0 Å². The Morgan fingerprint density at radius 1 is 1.44 bits per heavy atom. The number of ether oxygens (including phenoxy) is 1. The van der Waals surface area contributed by atoms with E-state index in [2.05, 4.69) is 18.3 Å². The minimum atomic E-state index is 0.231. The molecule has 1 rings (SSSR count). The zero-order valence-electron chi connectivity index (χ0n) is 10.1. The largest absolute Gasteiger partial charge is 0.376 e. The summed E-state index contributed by atoms with van der Waals surface area (Å²) in [5, 5.41) is 3.33. The molecule has 16 heavy (non-hydrogen) atoms. The van der Waals surface area contributed by atoms with Crippen LogP contribution in [0.5, 0.6) is 0 Å². The Balaban J connectivity index is 2.76. The predicted octanol–water partition coefficient (Wildman–Crippen LogP) is 3.87. The average molecular weight is 262 g/mol. The highest BCUT2D eigenvalue weighted by Gasteiger charge is 2.22. The van der Waals surface area contributed by atoms with Crippen LogP contribution in [0.4, 0.5) is 0 Å². The zero-order valence-corrected chi connectivity index (χ0v) is 11.7. The van der Waals surface area contributed by atoms with E-state index in [0.29, 0.717) is 0 Å². The van der Waals surface area contributed by atoms with Crippen LogP contribution in [0.3, 0.4) is 0 Å². The second kappa shape index (κ2) is 7.28. The molecule has 0 aliphatic carbocycles. The van der Waals surface area contributed by atoms with Crippen molar-refractivity contribution in [2.45, 2.75) is 38.8 Å². The normalized spacial score (nSPS) is 15.0. The molecule has 0 aliphatic heterocycles. The van der Waals surface area contributed by atoms with Gasteiger partial charge in [-0.25, -0.2) is 0 Å². The van der Waals surface area contributed by atoms with E-state index in [0.717, 1.165) is 23.8 Å². The summed E-state index contributed by atoms with van der Waals surface area (Å²) in [5.74, 6) is 0. The molecule has 0 aromatic carbocycles. The Hall–Kier alpha value is -0.0900. The van der Waals surface area contributed by atoms with Crippen molar-refractivity contribution in [3.05, 3.63) is 21.3 Å². The summed E-state index contributed by atoms with van der Waals surface area (Å²) in [5.41, 5.74) is 0. The summed E-state index contributed by atoms with van der Waals surface area (Å²) in [4.78, 5) is 1.25. The highest BCUT2D eigenvalue weighted by atomic mass is 35.5. The topological polar surface area (TPSA) is 21.3 Å². The van der Waals surface area contributed by atoms with Gasteiger partial charge in [0.15, 0.2) is 0 Å². The van der Waals surface area contributed by atoms with E-state index in [1.54, 1.807) is 11.3 Å². The minimum Gasteiger partial charge on any atom is -0.376 e. The lowest BCUT2D eigenvalue weighted by molar-refractivity contribution is 0.0304. The van der Waals surface area contributed by atoms with Crippen LogP contribution in [0.1, 0.15) is 37.6 Å². The molecule has 0 saturated heterocycles. The number of hydrogen-bond acceptors (Lipinski definition) is 3. The highest BCUT2D eigenvalue weighted by molar-refractivity contribution is 7.16. The van der Waals surface area contributed by atoms with E-state index < -0.39 is 0 Å². The van der Waals surface area contributed by atoms with E-state index in [1.807, 2.05) is 20.0 Å². The lowest BCUT2D eigenvalue weighted by atomic mass is 10.0. The quantitative estimate of drug-likeness (QED) is 0.805. The maximum atomic E-state index is 5.97. The Labute approximate surface area is 107 Å². The van der Waals surface area contributed by atoms with Gasteiger partial charge in [-0.3, -0.25) is 0 Å². The van der Waals surface area contributed by atoms with E-state index in [4.69, 9.17) is 16.3 Å². The number of likely N-dealkylation sites (N-methyl/N-ethyl adjacent to an activating group) is 1. The lowest BCUT2D eigenvalue weighted by Crippen LogP contribution is -2.31. The molecule has 1 aromatic rings. The van der Waals surface area contributed by atoms with E-state index in [1.165, 1.54) is 4.88 Å². The van der Waals surface area contributed by atoms with Crippen LogP contribution >= 0.6 is 22.9 Å². The molecule has 0 radical (unpaired) electrons. The Kier molecular flexibility index (Phi) is 6.36. The Morgan fingerprint density at radius 2 is 2.19 bits per heavy atom. The second-order valence-electron chi connectivity index (χ2n) is 3.69. The third kappa shape index (κ3) is 3.74. The molecule has 4 heteroatoms. The number of rotatable bonds is 7. The van der Waals surface area contributed by atoms with Crippen molar-refractivity contribution in [3.8, 4) is 0 Å². The van der Waals surface area contributed by atoms with Crippen molar-refractivity contribution in [1.82, 2.24) is 5.32 Å². The van der Waals surface area contributed by atoms with Gasteiger partial charge >= 0.3 is 0 Å². The summed E-state index contributed by atoms with van der Waals surface area (Å²) < 4.78 is 6.64. The minimum absolute atomic E-state index is 0.231. The molecule has 1 heterocycles. The monoisotopic (exact) mass is 261 g/mol. The molecule has 0 bridgehead atoms. The van der Waals surface area contributed by atoms with Gasteiger partial charge in [0.05, 0.1) is 16.5 Å². The molecular weight excluding hydrogens is 242 g/mol. The van der Waals surface area contributed by atoms with Gasteiger partial charge in [-0.1, -0.05) is 24.9 Å². The van der Waals surface area contributed by atoms with Gasteiger partial charge in [0.2, 0.25) is 0 Å². The van der Waals surface area contributed by atoms with E-state index >= 15 is 0 Å². The summed E-state index contributed by atoms with van der Waals surface area (Å²) >= 11 is 7.59. The Bertz CT molecular complexity index is 297. The van der Waals surface area contributed by atoms with Gasteiger partial charge in [-0.2, -0.15) is 0 Å². The third-order valence-electron chi connectivity index (χ3n) is 2.54. The van der Waals surface area contributed by atoms with Crippen molar-refractivity contribution in [2.75, 3.05) is 13.7 Å². The fourth-order valence-corrected chi connectivity index (χ4v) is 3.08. The maximum Gasteiger partial charge on any atom is 0.0931 e. The van der Waals surface area contributed by atoms with Crippen LogP contribution in [0, 0.1) is 0 Å². The van der Waals surface area contributed by atoms with Crippen LogP contribution in [0.25, 0.3) is 0 Å². The van der Waals surface area contributed by atoms with Crippen molar-refractivity contribution < 1.29 is 4.74 Å². The third-order valence-corrected chi connectivity index (χ3v) is 3.85. The molecular formula is C12H20ClNOS. The number of thiophene rings is 1. The summed E-state index contributed by atoms with van der Waals surface area (Å²) in [7, 11) is 1.97. The fourth-order valence-electron chi connectivity index (χ4n) is 1.85. The zero-order chi connectivity index (χ0) is 12.0. The van der Waals surface area contributed by atoms with Crippen LogP contribution in [0.2, 0.25) is 4.34 Å². The molecule has 92 valence electrons. The predicted molar refractivity (Wildman–Crippen MR) is 71.5 cm³/mol. The van der Waals surface area contributed by atoms with Crippen LogP contribution in [0.15, 0.2) is 12.1 Å². The summed E-state index contributed by atoms with van der Waals surface area (Å²) in [6.45, 7) is 4.97. The molecule has 2 atom stereocenters. The summed E-state index contributed by atoms with van der Waals surface area (Å²) in [6, 6.07) is 4.27. The first-order valence-electron chi connectivity index (χ1n) is 5.77. The standard InChI is InChI=1S/C12H20ClNOS/c1-4-6-9(15-5-2)12(14-3)10-7-8-11(13)16-10/h7-9,12,14H,4-6H2,1-3H3. The summed E-state index contributed by atoms with van der Waals surface area (Å²) in [6.07, 6.45) is 2.42. The Morgan fingerprint density at radius 3 is 2.62 bits per heavy atom. The van der Waals surface area contributed by atoms with Gasteiger partial charge in [-0.05, 0) is 32.5 Å². The lowest BCUT2D eigenvalue weighted by Gasteiger charge is -2.25. The van der Waals surface area contributed by atoms with Crippen molar-refractivity contribution in [1.29, 1.82) is 0 Å². The van der Waals surface area contributed by atoms with Crippen molar-refractivity contribution in [3.63, 3.8) is 0 Å². The van der Waals surface area contributed by atoms with Gasteiger partial charge in [-0.15, -0.1) is 11.3 Å². The molecule has 2 unspecified atom stereocenters. The second-order valence-corrected chi connectivity index (χ2v) is 5.44.